The summed E-state index contributed by atoms with van der Waals surface area (Å²) < 4.78 is 38.8. The fraction of sp³-hybridized carbons (Fsp3) is 0.267. The Bertz CT molecular complexity index is 799. The zero-order valence-electron chi connectivity index (χ0n) is 12.6. The maximum absolute atomic E-state index is 12.9. The smallest absolute Gasteiger partial charge is 0.252 e. The van der Waals surface area contributed by atoms with Crippen molar-refractivity contribution in [2.75, 3.05) is 13.6 Å². The molecule has 0 saturated heterocycles. The van der Waals surface area contributed by atoms with Crippen molar-refractivity contribution in [3.8, 4) is 0 Å². The number of carbonyl (C=O) groups excluding carboxylic acids is 1. The summed E-state index contributed by atoms with van der Waals surface area (Å²) in [5.41, 5.74) is 0.420. The first kappa shape index (κ1) is 17.7. The van der Waals surface area contributed by atoms with Crippen LogP contribution in [0.15, 0.2) is 40.6 Å². The van der Waals surface area contributed by atoms with E-state index in [9.17, 15) is 22.7 Å². The number of hydrogen-bond donors (Lipinski definition) is 1. The molecule has 0 amide bonds. The summed E-state index contributed by atoms with van der Waals surface area (Å²) in [5, 5.41) is 10.1. The molecule has 1 unspecified atom stereocenters. The van der Waals surface area contributed by atoms with E-state index in [2.05, 4.69) is 0 Å². The highest BCUT2D eigenvalue weighted by molar-refractivity contribution is 7.91. The van der Waals surface area contributed by atoms with Gasteiger partial charge in [-0.1, -0.05) is 12.1 Å². The molecule has 8 heteroatoms. The quantitative estimate of drug-likeness (QED) is 0.806. The van der Waals surface area contributed by atoms with Gasteiger partial charge in [-0.25, -0.2) is 12.8 Å². The molecule has 1 aromatic heterocycles. The number of halogens is 1. The summed E-state index contributed by atoms with van der Waals surface area (Å²) in [6, 6.07) is 8.04. The molecule has 0 bridgehead atoms. The third kappa shape index (κ3) is 4.03. The monoisotopic (exact) mass is 357 g/mol. The van der Waals surface area contributed by atoms with Gasteiger partial charge in [0, 0.05) is 13.6 Å². The van der Waals surface area contributed by atoms with Crippen molar-refractivity contribution in [1.29, 1.82) is 0 Å². The maximum atomic E-state index is 12.9. The Balaban J connectivity index is 2.15. The van der Waals surface area contributed by atoms with Crippen molar-refractivity contribution >= 4 is 27.1 Å². The molecule has 0 saturated carbocycles. The highest BCUT2D eigenvalue weighted by atomic mass is 32.2. The molecule has 1 N–H and O–H groups in total. The molecule has 124 valence electrons. The molecule has 1 atom stereocenters. The van der Waals surface area contributed by atoms with Gasteiger partial charge in [-0.3, -0.25) is 4.79 Å². The summed E-state index contributed by atoms with van der Waals surface area (Å²) in [7, 11) is -2.45. The number of Topliss-reactive ketones (excluding diaryl/α,β-unsaturated/α-hetero) is 1. The molecular weight excluding hydrogens is 341 g/mol. The zero-order chi connectivity index (χ0) is 17.2. The normalized spacial score (nSPS) is 13.3. The van der Waals surface area contributed by atoms with E-state index in [1.54, 1.807) is 0 Å². The van der Waals surface area contributed by atoms with Crippen LogP contribution in [0.2, 0.25) is 0 Å². The van der Waals surface area contributed by atoms with Crippen molar-refractivity contribution in [1.82, 2.24) is 4.31 Å². The average molecular weight is 357 g/mol. The van der Waals surface area contributed by atoms with Gasteiger partial charge < -0.3 is 5.11 Å². The molecule has 1 heterocycles. The lowest BCUT2D eigenvalue weighted by molar-refractivity contribution is 0.102. The van der Waals surface area contributed by atoms with E-state index in [0.29, 0.717) is 10.4 Å². The molecule has 0 aliphatic carbocycles. The largest absolute Gasteiger partial charge is 0.387 e. The van der Waals surface area contributed by atoms with Crippen molar-refractivity contribution in [3.05, 3.63) is 52.7 Å². The Hall–Kier alpha value is -1.61. The van der Waals surface area contributed by atoms with E-state index < -0.39 is 21.9 Å². The van der Waals surface area contributed by atoms with Gasteiger partial charge in [0.2, 0.25) is 0 Å². The first-order chi connectivity index (χ1) is 10.7. The lowest BCUT2D eigenvalue weighted by Gasteiger charge is -2.20. The third-order valence-corrected chi connectivity index (χ3v) is 6.75. The second kappa shape index (κ2) is 6.88. The molecule has 23 heavy (non-hydrogen) atoms. The van der Waals surface area contributed by atoms with Crippen molar-refractivity contribution < 1.29 is 22.7 Å². The Kier molecular flexibility index (Phi) is 5.30. The Morgan fingerprint density at radius 1 is 1.26 bits per heavy atom. The van der Waals surface area contributed by atoms with Gasteiger partial charge >= 0.3 is 0 Å². The van der Waals surface area contributed by atoms with Gasteiger partial charge in [0.05, 0.1) is 11.0 Å². The lowest BCUT2D eigenvalue weighted by Crippen LogP contribution is -2.30. The zero-order valence-corrected chi connectivity index (χ0v) is 14.2. The van der Waals surface area contributed by atoms with Gasteiger partial charge in [0.25, 0.3) is 10.0 Å². The van der Waals surface area contributed by atoms with Crippen LogP contribution in [-0.2, 0) is 10.0 Å². The van der Waals surface area contributed by atoms with Crippen LogP contribution in [0.4, 0.5) is 4.39 Å². The van der Waals surface area contributed by atoms with Crippen LogP contribution in [-0.4, -0.2) is 37.2 Å². The Morgan fingerprint density at radius 3 is 2.39 bits per heavy atom. The molecule has 0 radical (unpaired) electrons. The number of aliphatic hydroxyl groups excluding tert-OH is 1. The molecule has 0 spiro atoms. The van der Waals surface area contributed by atoms with E-state index in [1.807, 2.05) is 0 Å². The average Bonchev–Trinajstić information content (AvgIpc) is 2.98. The maximum Gasteiger partial charge on any atom is 0.252 e. The summed E-state index contributed by atoms with van der Waals surface area (Å²) in [6.45, 7) is 1.19. The number of benzene rings is 1. The number of ketones is 1. The number of sulfonamides is 1. The number of thiophene rings is 1. The molecule has 2 rings (SSSR count). The topological polar surface area (TPSA) is 74.7 Å². The van der Waals surface area contributed by atoms with E-state index in [4.69, 9.17) is 0 Å². The van der Waals surface area contributed by atoms with Gasteiger partial charge in [-0.15, -0.1) is 11.3 Å². The molecule has 1 aromatic carbocycles. The number of nitrogens with zero attached hydrogens (tertiary/aromatic N) is 1. The Morgan fingerprint density at radius 2 is 1.87 bits per heavy atom. The van der Waals surface area contributed by atoms with Crippen molar-refractivity contribution in [3.63, 3.8) is 0 Å². The van der Waals surface area contributed by atoms with Crippen LogP contribution in [0.3, 0.4) is 0 Å². The van der Waals surface area contributed by atoms with Gasteiger partial charge in [0.15, 0.2) is 5.78 Å². The minimum atomic E-state index is -3.80. The molecule has 2 aromatic rings. The number of likely N-dealkylation sites (N-methyl/N-ethyl adjacent to an activating group) is 1. The van der Waals surface area contributed by atoms with E-state index in [1.165, 1.54) is 50.4 Å². The van der Waals surface area contributed by atoms with Gasteiger partial charge in [0.1, 0.15) is 10.0 Å². The standard InChI is InChI=1S/C15H16FNO4S2/c1-10(18)14-7-8-15(22-14)23(20,21)17(2)9-13(19)11-3-5-12(16)6-4-11/h3-8,13,19H,9H2,1-2H3. The SMILES string of the molecule is CC(=O)c1ccc(S(=O)(=O)N(C)CC(O)c2ccc(F)cc2)s1. The van der Waals surface area contributed by atoms with E-state index in [0.717, 1.165) is 15.6 Å². The van der Waals surface area contributed by atoms with Gasteiger partial charge in [-0.05, 0) is 36.8 Å². The number of rotatable bonds is 6. The first-order valence-electron chi connectivity index (χ1n) is 6.72. The highest BCUT2D eigenvalue weighted by Gasteiger charge is 2.25. The molecule has 0 aliphatic heterocycles. The van der Waals surface area contributed by atoms with E-state index >= 15 is 0 Å². The summed E-state index contributed by atoms with van der Waals surface area (Å²) in [5.74, 6) is -0.636. The fourth-order valence-corrected chi connectivity index (χ4v) is 4.52. The van der Waals surface area contributed by atoms with Gasteiger partial charge in [-0.2, -0.15) is 4.31 Å². The minimum Gasteiger partial charge on any atom is -0.387 e. The van der Waals surface area contributed by atoms with Crippen LogP contribution in [0.25, 0.3) is 0 Å². The van der Waals surface area contributed by atoms with Crippen LogP contribution in [0, 0.1) is 5.82 Å². The fourth-order valence-electron chi connectivity index (χ4n) is 1.93. The van der Waals surface area contributed by atoms with Crippen LogP contribution in [0.5, 0.6) is 0 Å². The number of carbonyl (C=O) groups is 1. The van der Waals surface area contributed by atoms with Crippen LogP contribution in [0.1, 0.15) is 28.3 Å². The number of hydrogen-bond acceptors (Lipinski definition) is 5. The number of aliphatic hydroxyl groups is 1. The first-order valence-corrected chi connectivity index (χ1v) is 8.98. The molecule has 0 fully saturated rings. The third-order valence-electron chi connectivity index (χ3n) is 3.28. The molecular formula is C15H16FNO4S2. The van der Waals surface area contributed by atoms with Crippen LogP contribution >= 0.6 is 11.3 Å². The Labute approximate surface area is 138 Å². The summed E-state index contributed by atoms with van der Waals surface area (Å²) in [4.78, 5) is 11.6. The van der Waals surface area contributed by atoms with Crippen molar-refractivity contribution in [2.24, 2.45) is 0 Å². The molecule has 0 aliphatic rings. The van der Waals surface area contributed by atoms with E-state index in [-0.39, 0.29) is 16.5 Å². The van der Waals surface area contributed by atoms with Crippen LogP contribution < -0.4 is 0 Å². The highest BCUT2D eigenvalue weighted by Crippen LogP contribution is 2.26. The second-order valence-corrected chi connectivity index (χ2v) is 8.38. The predicted octanol–water partition coefficient (Wildman–Crippen LogP) is 2.44. The van der Waals surface area contributed by atoms with Crippen molar-refractivity contribution in [2.45, 2.75) is 17.2 Å². The minimum absolute atomic E-state index is 0.0384. The summed E-state index contributed by atoms with van der Waals surface area (Å²) >= 11 is 0.891. The second-order valence-electron chi connectivity index (χ2n) is 5.03. The molecule has 5 nitrogen and oxygen atoms in total. The predicted molar refractivity (Wildman–Crippen MR) is 85.5 cm³/mol. The lowest BCUT2D eigenvalue weighted by atomic mass is 10.1. The summed E-state index contributed by atoms with van der Waals surface area (Å²) in [6.07, 6.45) is -1.08.